The van der Waals surface area contributed by atoms with Gasteiger partial charge in [0, 0.05) is 11.1 Å². The van der Waals surface area contributed by atoms with Gasteiger partial charge in [-0.05, 0) is 54.5 Å². The molecule has 1 aromatic heterocycles. The number of hydrogen-bond donors (Lipinski definition) is 2. The number of ether oxygens (including phenoxy) is 3. The quantitative estimate of drug-likeness (QED) is 0.604. The molecule has 0 aliphatic heterocycles. The number of rotatable bonds is 6. The van der Waals surface area contributed by atoms with Crippen LogP contribution in [0.5, 0.6) is 17.2 Å². The number of nitriles is 1. The lowest BCUT2D eigenvalue weighted by Crippen LogP contribution is -2.28. The molecule has 2 unspecified atom stereocenters. The van der Waals surface area contributed by atoms with E-state index in [0.717, 1.165) is 30.2 Å². The van der Waals surface area contributed by atoms with Gasteiger partial charge in [-0.3, -0.25) is 4.79 Å². The summed E-state index contributed by atoms with van der Waals surface area (Å²) in [5.74, 6) is 1.58. The first kappa shape index (κ1) is 21.6. The lowest BCUT2D eigenvalue weighted by molar-refractivity contribution is 0.0946. The summed E-state index contributed by atoms with van der Waals surface area (Å²) in [4.78, 5) is 16.7. The number of para-hydroxylation sites is 1. The van der Waals surface area contributed by atoms with E-state index >= 15 is 0 Å². The molecule has 2 atom stereocenters. The Hall–Kier alpha value is -3.66. The molecular weight excluding hydrogens is 406 g/mol. The summed E-state index contributed by atoms with van der Waals surface area (Å²) >= 11 is 0. The third-order valence-corrected chi connectivity index (χ3v) is 6.14. The fourth-order valence-electron chi connectivity index (χ4n) is 4.47. The third-order valence-electron chi connectivity index (χ3n) is 6.14. The maximum atomic E-state index is 13.2. The summed E-state index contributed by atoms with van der Waals surface area (Å²) in [6.45, 7) is 2.26. The van der Waals surface area contributed by atoms with Crippen LogP contribution in [0.25, 0.3) is 10.9 Å². The van der Waals surface area contributed by atoms with Crippen molar-refractivity contribution in [1.29, 1.82) is 5.26 Å². The van der Waals surface area contributed by atoms with E-state index in [4.69, 9.17) is 14.2 Å². The number of nitrogens with one attached hydrogen (secondary N) is 2. The predicted molar refractivity (Wildman–Crippen MR) is 121 cm³/mol. The Morgan fingerprint density at radius 2 is 1.91 bits per heavy atom. The van der Waals surface area contributed by atoms with Crippen LogP contribution in [-0.4, -0.2) is 32.2 Å². The van der Waals surface area contributed by atoms with E-state index in [1.165, 1.54) is 32.6 Å². The highest BCUT2D eigenvalue weighted by Crippen LogP contribution is 2.40. The summed E-state index contributed by atoms with van der Waals surface area (Å²) in [7, 11) is 4.53. The summed E-state index contributed by atoms with van der Waals surface area (Å²) in [5.41, 5.74) is 4.40. The van der Waals surface area contributed by atoms with E-state index in [-0.39, 0.29) is 5.91 Å². The Morgan fingerprint density at radius 3 is 2.53 bits per heavy atom. The van der Waals surface area contributed by atoms with Crippen LogP contribution in [0.3, 0.4) is 0 Å². The van der Waals surface area contributed by atoms with Crippen LogP contribution < -0.4 is 19.5 Å². The van der Waals surface area contributed by atoms with Gasteiger partial charge in [0.1, 0.15) is 6.04 Å². The minimum atomic E-state index is -0.893. The molecule has 2 N–H and O–H groups in total. The van der Waals surface area contributed by atoms with Gasteiger partial charge in [-0.15, -0.1) is 0 Å². The minimum absolute atomic E-state index is 0.317. The zero-order valence-electron chi connectivity index (χ0n) is 18.7. The average molecular weight is 434 g/mol. The second-order valence-electron chi connectivity index (χ2n) is 8.15. The molecule has 7 heteroatoms. The molecule has 1 aliphatic rings. The number of hydrogen-bond acceptors (Lipinski definition) is 5. The molecule has 2 aromatic carbocycles. The zero-order valence-corrected chi connectivity index (χ0v) is 18.7. The van der Waals surface area contributed by atoms with Crippen molar-refractivity contribution in [2.24, 2.45) is 5.92 Å². The van der Waals surface area contributed by atoms with Crippen molar-refractivity contribution in [3.05, 3.63) is 52.7 Å². The summed E-state index contributed by atoms with van der Waals surface area (Å²) in [6, 6.07) is 10.4. The summed E-state index contributed by atoms with van der Waals surface area (Å²) < 4.78 is 16.1. The van der Waals surface area contributed by atoms with Crippen LogP contribution in [-0.2, 0) is 12.8 Å². The molecule has 1 aliphatic carbocycles. The van der Waals surface area contributed by atoms with Crippen LogP contribution in [0.2, 0.25) is 0 Å². The van der Waals surface area contributed by atoms with Crippen molar-refractivity contribution < 1.29 is 19.0 Å². The van der Waals surface area contributed by atoms with Crippen molar-refractivity contribution in [3.8, 4) is 23.3 Å². The van der Waals surface area contributed by atoms with Gasteiger partial charge in [-0.2, -0.15) is 5.26 Å². The Bertz CT molecular complexity index is 1180. The van der Waals surface area contributed by atoms with Crippen LogP contribution in [0.4, 0.5) is 0 Å². The third kappa shape index (κ3) is 3.73. The molecule has 7 nitrogen and oxygen atoms in total. The Balaban J connectivity index is 1.68. The largest absolute Gasteiger partial charge is 0.493 e. The first-order valence-electron chi connectivity index (χ1n) is 10.6. The van der Waals surface area contributed by atoms with Gasteiger partial charge in [0.05, 0.1) is 38.5 Å². The number of fused-ring (bicyclic) bond motifs is 3. The highest BCUT2D eigenvalue weighted by atomic mass is 16.5. The Kier molecular flexibility index (Phi) is 5.95. The first-order chi connectivity index (χ1) is 15.5. The number of aromatic nitrogens is 1. The monoisotopic (exact) mass is 433 g/mol. The maximum absolute atomic E-state index is 13.2. The normalized spacial score (nSPS) is 16.0. The maximum Gasteiger partial charge on any atom is 0.254 e. The molecule has 0 bridgehead atoms. The predicted octanol–water partition coefficient (Wildman–Crippen LogP) is 4.31. The van der Waals surface area contributed by atoms with Gasteiger partial charge >= 0.3 is 0 Å². The second-order valence-corrected chi connectivity index (χ2v) is 8.15. The fourth-order valence-corrected chi connectivity index (χ4v) is 4.47. The Labute approximate surface area is 187 Å². The van der Waals surface area contributed by atoms with E-state index in [1.807, 2.05) is 6.07 Å². The number of benzene rings is 2. The Morgan fingerprint density at radius 1 is 1.19 bits per heavy atom. The number of amides is 1. The molecule has 0 saturated heterocycles. The highest BCUT2D eigenvalue weighted by Gasteiger charge is 2.25. The molecule has 0 saturated carbocycles. The number of carbonyl (C=O) groups is 1. The van der Waals surface area contributed by atoms with E-state index in [2.05, 4.69) is 29.4 Å². The van der Waals surface area contributed by atoms with Gasteiger partial charge in [0.25, 0.3) is 5.91 Å². The first-order valence-corrected chi connectivity index (χ1v) is 10.6. The van der Waals surface area contributed by atoms with Gasteiger partial charge in [0.15, 0.2) is 11.5 Å². The van der Waals surface area contributed by atoms with E-state index in [9.17, 15) is 10.1 Å². The molecule has 0 spiro atoms. The molecule has 3 aromatic rings. The van der Waals surface area contributed by atoms with Gasteiger partial charge in [-0.1, -0.05) is 19.1 Å². The van der Waals surface area contributed by atoms with E-state index in [1.54, 1.807) is 18.2 Å². The molecule has 32 heavy (non-hydrogen) atoms. The van der Waals surface area contributed by atoms with E-state index in [0.29, 0.717) is 34.3 Å². The van der Waals surface area contributed by atoms with Crippen molar-refractivity contribution in [1.82, 2.24) is 10.3 Å². The van der Waals surface area contributed by atoms with Crippen molar-refractivity contribution in [2.75, 3.05) is 21.3 Å². The van der Waals surface area contributed by atoms with Gasteiger partial charge in [-0.25, -0.2) is 0 Å². The molecule has 4 rings (SSSR count). The number of aromatic amines is 1. The van der Waals surface area contributed by atoms with Gasteiger partial charge in [0.2, 0.25) is 5.75 Å². The fraction of sp³-hybridized carbons (Fsp3) is 0.360. The number of methoxy groups -OCH3 is 3. The molecule has 1 amide bonds. The smallest absolute Gasteiger partial charge is 0.254 e. The number of carbonyl (C=O) groups excluding carboxylic acids is 1. The van der Waals surface area contributed by atoms with Crippen LogP contribution in [0.15, 0.2) is 30.3 Å². The van der Waals surface area contributed by atoms with Crippen molar-refractivity contribution in [2.45, 2.75) is 32.2 Å². The van der Waals surface area contributed by atoms with Crippen molar-refractivity contribution in [3.63, 3.8) is 0 Å². The summed E-state index contributed by atoms with van der Waals surface area (Å²) in [6.07, 6.45) is 3.13. The average Bonchev–Trinajstić information content (AvgIpc) is 3.19. The zero-order chi connectivity index (χ0) is 22.8. The van der Waals surface area contributed by atoms with E-state index < -0.39 is 6.04 Å². The SMILES string of the molecule is COc1cc(C(C#N)NC(=O)c2cccc3c4c([nH]c23)CCC(C)C4)cc(OC)c1OC. The lowest BCUT2D eigenvalue weighted by Gasteiger charge is -2.18. The second kappa shape index (κ2) is 8.83. The number of H-pyrrole nitrogens is 1. The summed E-state index contributed by atoms with van der Waals surface area (Å²) in [5, 5.41) is 13.8. The number of aryl methyl sites for hydroxylation is 1. The molecular formula is C25H27N3O4. The standard InChI is InChI=1S/C25H27N3O4/c1-14-8-9-19-18(10-14)16-6-5-7-17(23(16)27-19)25(29)28-20(13-26)15-11-21(30-2)24(32-4)22(12-15)31-3/h5-7,11-12,14,20,27H,8-10H2,1-4H3,(H,28,29). The molecule has 1 heterocycles. The molecule has 0 radical (unpaired) electrons. The number of nitrogens with zero attached hydrogens (tertiary/aromatic N) is 1. The van der Waals surface area contributed by atoms with Crippen LogP contribution >= 0.6 is 0 Å². The van der Waals surface area contributed by atoms with Crippen molar-refractivity contribution >= 4 is 16.8 Å². The van der Waals surface area contributed by atoms with Crippen LogP contribution in [0, 0.1) is 17.2 Å². The topological polar surface area (TPSA) is 96.4 Å². The molecule has 0 fully saturated rings. The van der Waals surface area contributed by atoms with Gasteiger partial charge < -0.3 is 24.5 Å². The minimum Gasteiger partial charge on any atom is -0.493 e. The molecule has 166 valence electrons. The highest BCUT2D eigenvalue weighted by molar-refractivity contribution is 6.07. The lowest BCUT2D eigenvalue weighted by atomic mass is 9.87. The van der Waals surface area contributed by atoms with Crippen LogP contribution in [0.1, 0.15) is 46.6 Å².